The van der Waals surface area contributed by atoms with Gasteiger partial charge in [0.05, 0.1) is 30.0 Å². The van der Waals surface area contributed by atoms with Crippen LogP contribution >= 0.6 is 11.3 Å². The largest absolute Gasteiger partial charge is 0.497 e. The lowest BCUT2D eigenvalue weighted by atomic mass is 10.1. The molecule has 7 nitrogen and oxygen atoms in total. The molecule has 2 aromatic carbocycles. The average Bonchev–Trinajstić information content (AvgIpc) is 2.94. The molecule has 0 aliphatic heterocycles. The summed E-state index contributed by atoms with van der Waals surface area (Å²) in [4.78, 5) is 16.5. The number of methoxy groups -OCH3 is 1. The zero-order valence-corrected chi connectivity index (χ0v) is 15.8. The quantitative estimate of drug-likeness (QED) is 0.673. The summed E-state index contributed by atoms with van der Waals surface area (Å²) >= 11 is 1.21. The molecule has 0 aliphatic rings. The number of nitrogens with zero attached hydrogens (tertiary/aromatic N) is 1. The number of amides is 1. The molecule has 0 unspecified atom stereocenters. The van der Waals surface area contributed by atoms with Gasteiger partial charge >= 0.3 is 0 Å². The number of carbonyl (C=O) groups excluding carboxylic acids is 1. The summed E-state index contributed by atoms with van der Waals surface area (Å²) in [5.41, 5.74) is 2.13. The molecule has 136 valence electrons. The van der Waals surface area contributed by atoms with Gasteiger partial charge in [0.1, 0.15) is 5.75 Å². The zero-order valence-electron chi connectivity index (χ0n) is 14.1. The average molecular weight is 391 g/mol. The Balaban J connectivity index is 1.72. The van der Waals surface area contributed by atoms with Gasteiger partial charge in [-0.05, 0) is 35.9 Å². The summed E-state index contributed by atoms with van der Waals surface area (Å²) in [5, 5.41) is 3.13. The van der Waals surface area contributed by atoms with Crippen molar-refractivity contribution < 1.29 is 17.9 Å². The monoisotopic (exact) mass is 391 g/mol. The molecule has 3 aromatic rings. The van der Waals surface area contributed by atoms with E-state index in [1.165, 1.54) is 11.3 Å². The first-order valence-electron chi connectivity index (χ1n) is 7.63. The number of carbonyl (C=O) groups is 1. The van der Waals surface area contributed by atoms with Gasteiger partial charge in [0.15, 0.2) is 5.13 Å². The lowest BCUT2D eigenvalue weighted by Crippen LogP contribution is -2.14. The number of aromatic nitrogens is 1. The molecule has 0 aliphatic carbocycles. The van der Waals surface area contributed by atoms with Gasteiger partial charge in [-0.2, -0.15) is 0 Å². The van der Waals surface area contributed by atoms with E-state index in [9.17, 15) is 13.2 Å². The van der Waals surface area contributed by atoms with Crippen molar-refractivity contribution >= 4 is 48.3 Å². The highest BCUT2D eigenvalue weighted by Crippen LogP contribution is 2.29. The number of hydrogen-bond acceptors (Lipinski definition) is 6. The third kappa shape index (κ3) is 4.70. The number of anilines is 2. The fraction of sp³-hybridized carbons (Fsp3) is 0.176. The maximum atomic E-state index is 12.3. The molecule has 0 radical (unpaired) electrons. The highest BCUT2D eigenvalue weighted by molar-refractivity contribution is 7.92. The molecule has 26 heavy (non-hydrogen) atoms. The predicted octanol–water partition coefficient (Wildman–Crippen LogP) is 2.86. The van der Waals surface area contributed by atoms with Gasteiger partial charge in [-0.25, -0.2) is 13.4 Å². The molecular formula is C17H17N3O4S2. The molecule has 3 rings (SSSR count). The van der Waals surface area contributed by atoms with E-state index in [2.05, 4.69) is 15.0 Å². The van der Waals surface area contributed by atoms with E-state index in [0.717, 1.165) is 16.5 Å². The van der Waals surface area contributed by atoms with Crippen molar-refractivity contribution in [3.63, 3.8) is 0 Å². The van der Waals surface area contributed by atoms with E-state index in [0.29, 0.717) is 22.1 Å². The lowest BCUT2D eigenvalue weighted by Gasteiger charge is -2.06. The third-order valence-electron chi connectivity index (χ3n) is 3.44. The van der Waals surface area contributed by atoms with Gasteiger partial charge in [0, 0.05) is 5.69 Å². The Kier molecular flexibility index (Phi) is 5.10. The van der Waals surface area contributed by atoms with E-state index >= 15 is 0 Å². The first-order valence-corrected chi connectivity index (χ1v) is 10.3. The molecule has 0 saturated heterocycles. The van der Waals surface area contributed by atoms with E-state index < -0.39 is 10.0 Å². The highest BCUT2D eigenvalue weighted by Gasteiger charge is 2.10. The number of benzene rings is 2. The van der Waals surface area contributed by atoms with Gasteiger partial charge < -0.3 is 10.1 Å². The Hall–Kier alpha value is -2.65. The first kappa shape index (κ1) is 18.2. The number of thiazole rings is 1. The van der Waals surface area contributed by atoms with Crippen LogP contribution in [0.3, 0.4) is 0 Å². The number of nitrogens with one attached hydrogen (secondary N) is 2. The van der Waals surface area contributed by atoms with Gasteiger partial charge in [0.2, 0.25) is 15.9 Å². The topological polar surface area (TPSA) is 97.4 Å². The Morgan fingerprint density at radius 3 is 2.77 bits per heavy atom. The molecule has 1 aromatic heterocycles. The second-order valence-electron chi connectivity index (χ2n) is 5.65. The second kappa shape index (κ2) is 7.30. The van der Waals surface area contributed by atoms with Gasteiger partial charge in [0.25, 0.3) is 0 Å². The van der Waals surface area contributed by atoms with Crippen LogP contribution in [0.5, 0.6) is 5.75 Å². The van der Waals surface area contributed by atoms with Crippen LogP contribution in [0.15, 0.2) is 42.5 Å². The molecule has 0 fully saturated rings. The smallest absolute Gasteiger partial charge is 0.231 e. The minimum Gasteiger partial charge on any atom is -0.497 e. The molecule has 1 amide bonds. The van der Waals surface area contributed by atoms with Crippen LogP contribution in [0.1, 0.15) is 5.56 Å². The van der Waals surface area contributed by atoms with E-state index in [4.69, 9.17) is 4.74 Å². The number of rotatable bonds is 6. The van der Waals surface area contributed by atoms with Crippen LogP contribution in [0.25, 0.3) is 10.2 Å². The normalized spacial score (nSPS) is 11.3. The van der Waals surface area contributed by atoms with Crippen LogP contribution in [-0.2, 0) is 21.2 Å². The standard InChI is InChI=1S/C17H17N3O4S2/c1-24-13-5-3-4-11(8-13)9-16(21)18-12-6-7-14-15(10-12)25-17(19-14)20-26(2,22)23/h3-8,10H,9H2,1-2H3,(H,18,21)(H,19,20). The molecule has 9 heteroatoms. The molecule has 0 atom stereocenters. The Bertz CT molecular complexity index is 1060. The van der Waals surface area contributed by atoms with E-state index in [-0.39, 0.29) is 12.3 Å². The van der Waals surface area contributed by atoms with Crippen LogP contribution in [0.4, 0.5) is 10.8 Å². The van der Waals surface area contributed by atoms with Crippen molar-refractivity contribution in [2.45, 2.75) is 6.42 Å². The van der Waals surface area contributed by atoms with Crippen LogP contribution in [0, 0.1) is 0 Å². The molecule has 0 bridgehead atoms. The summed E-state index contributed by atoms with van der Waals surface area (Å²) in [7, 11) is -1.80. The SMILES string of the molecule is COc1cccc(CC(=O)Nc2ccc3nc(NS(C)(=O)=O)sc3c2)c1. The second-order valence-corrected chi connectivity index (χ2v) is 8.43. The van der Waals surface area contributed by atoms with Crippen molar-refractivity contribution in [1.29, 1.82) is 0 Å². The summed E-state index contributed by atoms with van der Waals surface area (Å²) in [6, 6.07) is 12.6. The van der Waals surface area contributed by atoms with Crippen LogP contribution < -0.4 is 14.8 Å². The number of fused-ring (bicyclic) bond motifs is 1. The Morgan fingerprint density at radius 2 is 2.04 bits per heavy atom. The molecule has 2 N–H and O–H groups in total. The lowest BCUT2D eigenvalue weighted by molar-refractivity contribution is -0.115. The maximum absolute atomic E-state index is 12.3. The van der Waals surface area contributed by atoms with Gasteiger partial charge in [-0.15, -0.1) is 0 Å². The van der Waals surface area contributed by atoms with Crippen molar-refractivity contribution in [3.05, 3.63) is 48.0 Å². The Labute approximate surface area is 155 Å². The van der Waals surface area contributed by atoms with Crippen molar-refractivity contribution in [3.8, 4) is 5.75 Å². The van der Waals surface area contributed by atoms with E-state index in [1.54, 1.807) is 25.3 Å². The Morgan fingerprint density at radius 1 is 1.23 bits per heavy atom. The van der Waals surface area contributed by atoms with Crippen molar-refractivity contribution in [2.24, 2.45) is 0 Å². The highest BCUT2D eigenvalue weighted by atomic mass is 32.2. The maximum Gasteiger partial charge on any atom is 0.231 e. The summed E-state index contributed by atoms with van der Waals surface area (Å²) < 4.78 is 30.9. The molecule has 0 spiro atoms. The summed E-state index contributed by atoms with van der Waals surface area (Å²) in [6.07, 6.45) is 1.29. The van der Waals surface area contributed by atoms with Gasteiger partial charge in [-0.3, -0.25) is 9.52 Å². The van der Waals surface area contributed by atoms with Crippen molar-refractivity contribution in [1.82, 2.24) is 4.98 Å². The summed E-state index contributed by atoms with van der Waals surface area (Å²) in [5.74, 6) is 0.545. The molecular weight excluding hydrogens is 374 g/mol. The van der Waals surface area contributed by atoms with Crippen molar-refractivity contribution in [2.75, 3.05) is 23.4 Å². The first-order chi connectivity index (χ1) is 12.3. The minimum absolute atomic E-state index is 0.156. The fourth-order valence-electron chi connectivity index (χ4n) is 2.38. The predicted molar refractivity (Wildman–Crippen MR) is 103 cm³/mol. The third-order valence-corrected chi connectivity index (χ3v) is 5.07. The number of ether oxygens (including phenoxy) is 1. The number of hydrogen-bond donors (Lipinski definition) is 2. The molecule has 1 heterocycles. The fourth-order valence-corrected chi connectivity index (χ4v) is 4.12. The zero-order chi connectivity index (χ0) is 18.7. The van der Waals surface area contributed by atoms with Crippen LogP contribution in [-0.4, -0.2) is 32.7 Å². The minimum atomic E-state index is -3.38. The summed E-state index contributed by atoms with van der Waals surface area (Å²) in [6.45, 7) is 0. The van der Waals surface area contributed by atoms with E-state index in [1.807, 2.05) is 24.3 Å². The number of sulfonamides is 1. The van der Waals surface area contributed by atoms with Gasteiger partial charge in [-0.1, -0.05) is 23.5 Å². The molecule has 0 saturated carbocycles. The van der Waals surface area contributed by atoms with Crippen LogP contribution in [0.2, 0.25) is 0 Å².